The second-order valence-corrected chi connectivity index (χ2v) is 5.12. The first kappa shape index (κ1) is 12.9. The molecule has 3 atom stereocenters. The molecule has 2 heterocycles. The molecule has 1 aromatic rings. The van der Waals surface area contributed by atoms with Crippen LogP contribution >= 0.6 is 0 Å². The van der Waals surface area contributed by atoms with Gasteiger partial charge in [-0.05, 0) is 25.3 Å². The summed E-state index contributed by atoms with van der Waals surface area (Å²) in [5.41, 5.74) is -0.552. The molecule has 20 heavy (non-hydrogen) atoms. The average molecular weight is 278 g/mol. The molecule has 2 aliphatic rings. The van der Waals surface area contributed by atoms with Crippen molar-refractivity contribution < 1.29 is 19.6 Å². The predicted octanol–water partition coefficient (Wildman–Crippen LogP) is 1.35. The molecule has 0 radical (unpaired) electrons. The van der Waals surface area contributed by atoms with Gasteiger partial charge in [0.15, 0.2) is 0 Å². The molecule has 2 saturated heterocycles. The molecule has 1 amide bonds. The Bertz CT molecular complexity index is 574. The van der Waals surface area contributed by atoms with E-state index in [0.29, 0.717) is 0 Å². The first-order valence-electron chi connectivity index (χ1n) is 6.49. The smallest absolute Gasteiger partial charge is 0.311 e. The minimum Gasteiger partial charge on any atom is -0.502 e. The van der Waals surface area contributed by atoms with Crippen molar-refractivity contribution in [2.24, 2.45) is 0 Å². The highest BCUT2D eigenvalue weighted by Gasteiger charge is 2.41. The molecule has 2 N–H and O–H groups in total. The number of amides is 1. The van der Waals surface area contributed by atoms with E-state index in [9.17, 15) is 20.0 Å². The van der Waals surface area contributed by atoms with Crippen molar-refractivity contribution >= 4 is 11.6 Å². The fourth-order valence-corrected chi connectivity index (χ4v) is 2.90. The quantitative estimate of drug-likeness (QED) is 0.642. The van der Waals surface area contributed by atoms with Gasteiger partial charge in [0.25, 0.3) is 5.91 Å². The highest BCUT2D eigenvalue weighted by atomic mass is 16.6. The zero-order chi connectivity index (χ0) is 14.3. The number of hydrogen-bond donors (Lipinski definition) is 2. The van der Waals surface area contributed by atoms with E-state index in [2.05, 4.69) is 5.32 Å². The van der Waals surface area contributed by atoms with E-state index < -0.39 is 22.3 Å². The highest BCUT2D eigenvalue weighted by Crippen LogP contribution is 2.35. The zero-order valence-corrected chi connectivity index (χ0v) is 10.6. The topological polar surface area (TPSA) is 102 Å². The summed E-state index contributed by atoms with van der Waals surface area (Å²) in [5.74, 6) is -1.11. The summed E-state index contributed by atoms with van der Waals surface area (Å²) in [6, 6.07) is 3.82. The molecule has 7 nitrogen and oxygen atoms in total. The number of rotatable bonds is 3. The number of fused-ring (bicyclic) bond motifs is 2. The summed E-state index contributed by atoms with van der Waals surface area (Å²) in [6.07, 6.45) is 2.90. The molecule has 3 rings (SSSR count). The Kier molecular flexibility index (Phi) is 3.06. The van der Waals surface area contributed by atoms with Gasteiger partial charge in [0.05, 0.1) is 28.7 Å². The Labute approximate surface area is 114 Å². The summed E-state index contributed by atoms with van der Waals surface area (Å²) >= 11 is 0. The molecule has 7 heteroatoms. The number of nitrogens with one attached hydrogen (secondary N) is 1. The summed E-state index contributed by atoms with van der Waals surface area (Å²) in [7, 11) is 0. The Hall–Kier alpha value is -2.15. The van der Waals surface area contributed by atoms with Gasteiger partial charge in [0, 0.05) is 6.07 Å². The monoisotopic (exact) mass is 278 g/mol. The summed E-state index contributed by atoms with van der Waals surface area (Å²) in [5, 5.41) is 23.3. The number of hydrogen-bond acceptors (Lipinski definition) is 5. The lowest BCUT2D eigenvalue weighted by Crippen LogP contribution is -2.41. The lowest BCUT2D eigenvalue weighted by atomic mass is 9.95. The number of benzene rings is 1. The second kappa shape index (κ2) is 4.75. The van der Waals surface area contributed by atoms with Crippen molar-refractivity contribution in [3.05, 3.63) is 33.9 Å². The van der Waals surface area contributed by atoms with Crippen LogP contribution in [0.1, 0.15) is 29.6 Å². The number of carbonyl (C=O) groups excluding carboxylic acids is 1. The Morgan fingerprint density at radius 3 is 2.85 bits per heavy atom. The third-order valence-corrected chi connectivity index (χ3v) is 3.88. The number of nitro groups is 1. The van der Waals surface area contributed by atoms with Crippen LogP contribution < -0.4 is 5.32 Å². The standard InChI is InChI=1S/C13H14N2O5/c16-12-8(2-1-3-10(12)15(18)19)13(17)14-9-6-7-4-5-11(9)20-7/h1-3,7,9,11,16H,4-6H2,(H,14,17)/t7-,9-,11-/m1/s1. The SMILES string of the molecule is O=C(N[C@@H]1C[C@H]2CC[C@H]1O2)c1cccc([N+](=O)[O-])c1O. The number of phenolic OH excluding ortho intramolecular Hbond substituents is 1. The molecule has 2 fully saturated rings. The van der Waals surface area contributed by atoms with E-state index in [1.807, 2.05) is 0 Å². The van der Waals surface area contributed by atoms with Crippen LogP contribution in [0, 0.1) is 10.1 Å². The highest BCUT2D eigenvalue weighted by molar-refractivity contribution is 5.98. The minimum absolute atomic E-state index is 0.0183. The minimum atomic E-state index is -0.716. The van der Waals surface area contributed by atoms with Crippen LogP contribution in [0.2, 0.25) is 0 Å². The summed E-state index contributed by atoms with van der Waals surface area (Å²) in [4.78, 5) is 22.1. The number of para-hydroxylation sites is 1. The Balaban J connectivity index is 1.77. The van der Waals surface area contributed by atoms with Gasteiger partial charge in [0.1, 0.15) is 0 Å². The van der Waals surface area contributed by atoms with E-state index in [0.717, 1.165) is 25.3 Å². The molecular formula is C13H14N2O5. The third kappa shape index (κ3) is 2.09. The van der Waals surface area contributed by atoms with Gasteiger partial charge < -0.3 is 15.2 Å². The van der Waals surface area contributed by atoms with Crippen molar-refractivity contribution in [1.82, 2.24) is 5.32 Å². The number of nitrogens with zero attached hydrogens (tertiary/aromatic N) is 1. The number of nitro benzene ring substituents is 1. The van der Waals surface area contributed by atoms with Crippen molar-refractivity contribution in [1.29, 1.82) is 0 Å². The molecule has 0 aliphatic carbocycles. The van der Waals surface area contributed by atoms with Crippen LogP contribution in [0.3, 0.4) is 0 Å². The molecule has 0 aromatic heterocycles. The molecule has 106 valence electrons. The fourth-order valence-electron chi connectivity index (χ4n) is 2.90. The lowest BCUT2D eigenvalue weighted by molar-refractivity contribution is -0.385. The first-order chi connectivity index (χ1) is 9.56. The van der Waals surface area contributed by atoms with E-state index in [1.54, 1.807) is 0 Å². The number of phenols is 1. The molecule has 2 aliphatic heterocycles. The molecule has 0 saturated carbocycles. The maximum atomic E-state index is 12.1. The average Bonchev–Trinajstić information content (AvgIpc) is 3.00. The molecular weight excluding hydrogens is 264 g/mol. The van der Waals surface area contributed by atoms with Crippen LogP contribution in [-0.2, 0) is 4.74 Å². The van der Waals surface area contributed by atoms with E-state index >= 15 is 0 Å². The second-order valence-electron chi connectivity index (χ2n) is 5.12. The summed E-state index contributed by atoms with van der Waals surface area (Å²) < 4.78 is 5.63. The van der Waals surface area contributed by atoms with Crippen molar-refractivity contribution in [2.75, 3.05) is 0 Å². The lowest BCUT2D eigenvalue weighted by Gasteiger charge is -2.20. The van der Waals surface area contributed by atoms with Gasteiger partial charge in [-0.25, -0.2) is 0 Å². The predicted molar refractivity (Wildman–Crippen MR) is 68.5 cm³/mol. The van der Waals surface area contributed by atoms with Gasteiger partial charge in [-0.2, -0.15) is 0 Å². The van der Waals surface area contributed by atoms with Crippen molar-refractivity contribution in [2.45, 2.75) is 37.5 Å². The Morgan fingerprint density at radius 2 is 2.25 bits per heavy atom. The van der Waals surface area contributed by atoms with Crippen LogP contribution in [0.4, 0.5) is 5.69 Å². The van der Waals surface area contributed by atoms with Gasteiger partial charge in [-0.3, -0.25) is 14.9 Å². The van der Waals surface area contributed by atoms with Crippen LogP contribution in [0.15, 0.2) is 18.2 Å². The molecule has 2 bridgehead atoms. The van der Waals surface area contributed by atoms with Crippen LogP contribution in [0.25, 0.3) is 0 Å². The number of aromatic hydroxyl groups is 1. The van der Waals surface area contributed by atoms with Gasteiger partial charge in [-0.15, -0.1) is 0 Å². The largest absolute Gasteiger partial charge is 0.502 e. The maximum absolute atomic E-state index is 12.1. The Morgan fingerprint density at radius 1 is 1.45 bits per heavy atom. The van der Waals surface area contributed by atoms with Crippen LogP contribution in [-0.4, -0.2) is 34.2 Å². The fraction of sp³-hybridized carbons (Fsp3) is 0.462. The van der Waals surface area contributed by atoms with Gasteiger partial charge in [-0.1, -0.05) is 6.07 Å². The molecule has 0 unspecified atom stereocenters. The normalized spacial score (nSPS) is 27.5. The first-order valence-corrected chi connectivity index (χ1v) is 6.49. The van der Waals surface area contributed by atoms with Crippen molar-refractivity contribution in [3.8, 4) is 5.75 Å². The van der Waals surface area contributed by atoms with E-state index in [4.69, 9.17) is 4.74 Å². The van der Waals surface area contributed by atoms with Crippen molar-refractivity contribution in [3.63, 3.8) is 0 Å². The maximum Gasteiger partial charge on any atom is 0.311 e. The van der Waals surface area contributed by atoms with Gasteiger partial charge >= 0.3 is 5.69 Å². The number of ether oxygens (including phenoxy) is 1. The molecule has 0 spiro atoms. The molecule has 1 aromatic carbocycles. The van der Waals surface area contributed by atoms with E-state index in [1.165, 1.54) is 12.1 Å². The third-order valence-electron chi connectivity index (χ3n) is 3.88. The zero-order valence-electron chi connectivity index (χ0n) is 10.6. The van der Waals surface area contributed by atoms with Crippen LogP contribution in [0.5, 0.6) is 5.75 Å². The number of carbonyl (C=O) groups is 1. The van der Waals surface area contributed by atoms with Gasteiger partial charge in [0.2, 0.25) is 5.75 Å². The van der Waals surface area contributed by atoms with E-state index in [-0.39, 0.29) is 23.8 Å². The summed E-state index contributed by atoms with van der Waals surface area (Å²) in [6.45, 7) is 0.